The van der Waals surface area contributed by atoms with E-state index in [1.165, 1.54) is 6.42 Å². The molecule has 0 saturated carbocycles. The Morgan fingerprint density at radius 1 is 1.62 bits per heavy atom. The average Bonchev–Trinajstić information content (AvgIpc) is 3.11. The first-order valence-corrected chi connectivity index (χ1v) is 7.69. The van der Waals surface area contributed by atoms with E-state index in [2.05, 4.69) is 10.4 Å². The fraction of sp³-hybridized carbons (Fsp3) is 0.733. The standard InChI is InChI=1S/C15H26N4O2/c1-4-14-13(11-18(2)17-14)15(20)19(8-9-21-3)10-12-6-5-7-16-12/h11-12,16H,4-10H2,1-3H3. The zero-order valence-corrected chi connectivity index (χ0v) is 13.3. The molecule has 0 aromatic carbocycles. The number of aryl methyl sites for hydroxylation is 2. The summed E-state index contributed by atoms with van der Waals surface area (Å²) in [4.78, 5) is 14.7. The van der Waals surface area contributed by atoms with Crippen LogP contribution in [0.25, 0.3) is 0 Å². The van der Waals surface area contributed by atoms with Crippen LogP contribution < -0.4 is 5.32 Å². The van der Waals surface area contributed by atoms with Gasteiger partial charge in [-0.25, -0.2) is 0 Å². The highest BCUT2D eigenvalue weighted by molar-refractivity contribution is 5.95. The molecule has 6 heteroatoms. The molecule has 2 heterocycles. The second-order valence-corrected chi connectivity index (χ2v) is 5.55. The zero-order chi connectivity index (χ0) is 15.2. The number of methoxy groups -OCH3 is 1. The van der Waals surface area contributed by atoms with Gasteiger partial charge in [-0.15, -0.1) is 0 Å². The van der Waals surface area contributed by atoms with Crippen LogP contribution in [0.4, 0.5) is 0 Å². The molecular formula is C15H26N4O2. The molecule has 6 nitrogen and oxygen atoms in total. The zero-order valence-electron chi connectivity index (χ0n) is 13.3. The number of nitrogens with one attached hydrogen (secondary N) is 1. The van der Waals surface area contributed by atoms with Crippen molar-refractivity contribution in [3.63, 3.8) is 0 Å². The molecular weight excluding hydrogens is 268 g/mol. The number of rotatable bonds is 7. The van der Waals surface area contributed by atoms with Gasteiger partial charge < -0.3 is 15.0 Å². The molecule has 1 aliphatic heterocycles. The average molecular weight is 294 g/mol. The van der Waals surface area contributed by atoms with E-state index >= 15 is 0 Å². The summed E-state index contributed by atoms with van der Waals surface area (Å²) in [5.41, 5.74) is 1.58. The minimum absolute atomic E-state index is 0.0608. The normalized spacial score (nSPS) is 18.1. The molecule has 1 unspecified atom stereocenters. The van der Waals surface area contributed by atoms with Crippen molar-refractivity contribution in [2.75, 3.05) is 33.4 Å². The summed E-state index contributed by atoms with van der Waals surface area (Å²) in [6.45, 7) is 4.98. The maximum atomic E-state index is 12.8. The highest BCUT2D eigenvalue weighted by Gasteiger charge is 2.24. The van der Waals surface area contributed by atoms with E-state index in [-0.39, 0.29) is 5.91 Å². The first-order chi connectivity index (χ1) is 10.2. The lowest BCUT2D eigenvalue weighted by Gasteiger charge is -2.25. The SMILES string of the molecule is CCc1nn(C)cc1C(=O)N(CCOC)CC1CCCN1. The Morgan fingerprint density at radius 3 is 3.05 bits per heavy atom. The van der Waals surface area contributed by atoms with Gasteiger partial charge in [0.05, 0.1) is 17.9 Å². The van der Waals surface area contributed by atoms with Crippen molar-refractivity contribution in [3.8, 4) is 0 Å². The Labute approximate surface area is 126 Å². The Hall–Kier alpha value is -1.40. The number of carbonyl (C=O) groups excluding carboxylic acids is 1. The van der Waals surface area contributed by atoms with Crippen molar-refractivity contribution in [2.45, 2.75) is 32.2 Å². The highest BCUT2D eigenvalue weighted by atomic mass is 16.5. The lowest BCUT2D eigenvalue weighted by atomic mass is 10.1. The Morgan fingerprint density at radius 2 is 2.43 bits per heavy atom. The third kappa shape index (κ3) is 4.04. The second-order valence-electron chi connectivity index (χ2n) is 5.55. The highest BCUT2D eigenvalue weighted by Crippen LogP contribution is 2.13. The van der Waals surface area contributed by atoms with Crippen LogP contribution >= 0.6 is 0 Å². The van der Waals surface area contributed by atoms with Gasteiger partial charge in [0, 0.05) is 39.5 Å². The van der Waals surface area contributed by atoms with E-state index in [0.717, 1.165) is 31.6 Å². The molecule has 0 radical (unpaired) electrons. The fourth-order valence-corrected chi connectivity index (χ4v) is 2.80. The second kappa shape index (κ2) is 7.56. The number of hydrogen-bond donors (Lipinski definition) is 1. The summed E-state index contributed by atoms with van der Waals surface area (Å²) in [7, 11) is 3.52. The van der Waals surface area contributed by atoms with Gasteiger partial charge >= 0.3 is 0 Å². The minimum Gasteiger partial charge on any atom is -0.383 e. The van der Waals surface area contributed by atoms with E-state index < -0.39 is 0 Å². The van der Waals surface area contributed by atoms with Gasteiger partial charge in [-0.05, 0) is 25.8 Å². The molecule has 0 bridgehead atoms. The summed E-state index contributed by atoms with van der Waals surface area (Å²) in [5, 5.41) is 7.82. The van der Waals surface area contributed by atoms with Gasteiger partial charge in [0.25, 0.3) is 5.91 Å². The van der Waals surface area contributed by atoms with Gasteiger partial charge in [-0.3, -0.25) is 9.48 Å². The third-order valence-corrected chi connectivity index (χ3v) is 3.93. The molecule has 21 heavy (non-hydrogen) atoms. The first kappa shape index (κ1) is 16.0. The number of aromatic nitrogens is 2. The van der Waals surface area contributed by atoms with Gasteiger partial charge in [-0.1, -0.05) is 6.92 Å². The van der Waals surface area contributed by atoms with E-state index in [1.54, 1.807) is 11.8 Å². The van der Waals surface area contributed by atoms with Crippen molar-refractivity contribution >= 4 is 5.91 Å². The third-order valence-electron chi connectivity index (χ3n) is 3.93. The molecule has 1 aromatic heterocycles. The van der Waals surface area contributed by atoms with E-state index in [0.29, 0.717) is 24.8 Å². The summed E-state index contributed by atoms with van der Waals surface area (Å²) in [5.74, 6) is 0.0608. The monoisotopic (exact) mass is 294 g/mol. The maximum Gasteiger partial charge on any atom is 0.257 e. The number of nitrogens with zero attached hydrogens (tertiary/aromatic N) is 3. The van der Waals surface area contributed by atoms with Crippen molar-refractivity contribution < 1.29 is 9.53 Å². The van der Waals surface area contributed by atoms with E-state index in [4.69, 9.17) is 4.74 Å². The molecule has 118 valence electrons. The predicted molar refractivity (Wildman–Crippen MR) is 81.4 cm³/mol. The van der Waals surface area contributed by atoms with Gasteiger partial charge in [0.15, 0.2) is 0 Å². The first-order valence-electron chi connectivity index (χ1n) is 7.69. The van der Waals surface area contributed by atoms with E-state index in [9.17, 15) is 4.79 Å². The van der Waals surface area contributed by atoms with Crippen molar-refractivity contribution in [3.05, 3.63) is 17.5 Å². The Balaban J connectivity index is 2.11. The van der Waals surface area contributed by atoms with Crippen LogP contribution in [0.5, 0.6) is 0 Å². The van der Waals surface area contributed by atoms with Crippen LogP contribution in [0.2, 0.25) is 0 Å². The van der Waals surface area contributed by atoms with Gasteiger partial charge in [-0.2, -0.15) is 5.10 Å². The van der Waals surface area contributed by atoms with Crippen LogP contribution in [0, 0.1) is 0 Å². The summed E-state index contributed by atoms with van der Waals surface area (Å²) in [6, 6.07) is 0.396. The maximum absolute atomic E-state index is 12.8. The largest absolute Gasteiger partial charge is 0.383 e. The Kier molecular flexibility index (Phi) is 5.76. The molecule has 1 amide bonds. The summed E-state index contributed by atoms with van der Waals surface area (Å²) >= 11 is 0. The van der Waals surface area contributed by atoms with E-state index in [1.807, 2.05) is 25.1 Å². The topological polar surface area (TPSA) is 59.4 Å². The number of amides is 1. The molecule has 1 aliphatic rings. The van der Waals surface area contributed by atoms with Crippen LogP contribution in [0.15, 0.2) is 6.20 Å². The van der Waals surface area contributed by atoms with Crippen LogP contribution in [-0.2, 0) is 18.2 Å². The molecule has 1 atom stereocenters. The Bertz CT molecular complexity index is 466. The number of carbonyl (C=O) groups is 1. The molecule has 1 N–H and O–H groups in total. The molecule has 1 aromatic rings. The molecule has 1 fully saturated rings. The molecule has 0 aliphatic carbocycles. The van der Waals surface area contributed by atoms with Gasteiger partial charge in [0.2, 0.25) is 0 Å². The summed E-state index contributed by atoms with van der Waals surface area (Å²) in [6.07, 6.45) is 4.90. The predicted octanol–water partition coefficient (Wildman–Crippen LogP) is 0.823. The molecule has 0 spiro atoms. The minimum atomic E-state index is 0.0608. The molecule has 2 rings (SSSR count). The molecule has 1 saturated heterocycles. The smallest absolute Gasteiger partial charge is 0.257 e. The summed E-state index contributed by atoms with van der Waals surface area (Å²) < 4.78 is 6.87. The van der Waals surface area contributed by atoms with Crippen LogP contribution in [0.3, 0.4) is 0 Å². The lowest BCUT2D eigenvalue weighted by Crippen LogP contribution is -2.42. The number of ether oxygens (including phenoxy) is 1. The lowest BCUT2D eigenvalue weighted by molar-refractivity contribution is 0.0678. The fourth-order valence-electron chi connectivity index (χ4n) is 2.80. The van der Waals surface area contributed by atoms with Crippen LogP contribution in [-0.4, -0.2) is 60.0 Å². The van der Waals surface area contributed by atoms with Crippen molar-refractivity contribution in [2.24, 2.45) is 7.05 Å². The van der Waals surface area contributed by atoms with Crippen LogP contribution in [0.1, 0.15) is 35.8 Å². The quantitative estimate of drug-likeness (QED) is 0.809. The van der Waals surface area contributed by atoms with Crippen molar-refractivity contribution in [1.82, 2.24) is 20.0 Å². The van der Waals surface area contributed by atoms with Crippen molar-refractivity contribution in [1.29, 1.82) is 0 Å². The number of hydrogen-bond acceptors (Lipinski definition) is 4. The van der Waals surface area contributed by atoms with Gasteiger partial charge in [0.1, 0.15) is 0 Å².